The Morgan fingerprint density at radius 3 is 2.42 bits per heavy atom. The molecule has 2 aliphatic carbocycles. The molecule has 48 heavy (non-hydrogen) atoms. The topological polar surface area (TPSA) is 155 Å². The van der Waals surface area contributed by atoms with Crippen molar-refractivity contribution < 1.29 is 30.3 Å². The van der Waals surface area contributed by atoms with Crippen molar-refractivity contribution >= 4 is 5.91 Å². The zero-order chi connectivity index (χ0) is 34.3. The highest BCUT2D eigenvalue weighted by Crippen LogP contribution is 2.49. The van der Waals surface area contributed by atoms with E-state index in [9.17, 15) is 25.2 Å². The van der Waals surface area contributed by atoms with Crippen molar-refractivity contribution in [2.75, 3.05) is 13.2 Å². The molecule has 5 atom stereocenters. The second-order valence-corrected chi connectivity index (χ2v) is 13.9. The lowest BCUT2D eigenvalue weighted by atomic mass is 9.89. The fourth-order valence-electron chi connectivity index (χ4n) is 6.72. The van der Waals surface area contributed by atoms with Gasteiger partial charge in [0.2, 0.25) is 5.91 Å². The third-order valence-electron chi connectivity index (χ3n) is 10.3. The van der Waals surface area contributed by atoms with Gasteiger partial charge in [-0.2, -0.15) is 0 Å². The van der Waals surface area contributed by atoms with E-state index < -0.39 is 31.0 Å². The Balaban J connectivity index is 1.17. The summed E-state index contributed by atoms with van der Waals surface area (Å²) in [6, 6.07) is 17.8. The number of carbonyl (C=O) groups excluding carboxylic acids is 1. The largest absolute Gasteiger partial charge is 0.394 e. The maximum Gasteiger partial charge on any atom is 0.220 e. The van der Waals surface area contributed by atoms with Crippen LogP contribution in [0.3, 0.4) is 0 Å². The zero-order valence-corrected chi connectivity index (χ0v) is 28.3. The van der Waals surface area contributed by atoms with Crippen molar-refractivity contribution in [3.63, 3.8) is 0 Å². The minimum Gasteiger partial charge on any atom is -0.394 e. The van der Waals surface area contributed by atoms with Crippen LogP contribution in [0.1, 0.15) is 92.5 Å². The minimum atomic E-state index is -1.72. The van der Waals surface area contributed by atoms with Crippen molar-refractivity contribution in [1.29, 1.82) is 0 Å². The molecule has 1 amide bonds. The van der Waals surface area contributed by atoms with Gasteiger partial charge in [0.1, 0.15) is 18.3 Å². The first kappa shape index (κ1) is 36.1. The molecule has 3 aromatic rings. The summed E-state index contributed by atoms with van der Waals surface area (Å²) in [6.07, 6.45) is 6.14. The molecule has 2 fully saturated rings. The number of aromatic nitrogens is 1. The SMILES string of the molecule is CCc1ccc(C(C)CCCC(=O)NC[C@H](O)[C@@H](O)[C@H](O)[C@H](O)CO)cc1CNC1(c2cnccc2-c2ccccc2CC2CC2)CC1. The molecule has 7 N–H and O–H groups in total. The quantitative estimate of drug-likeness (QED) is 0.102. The summed E-state index contributed by atoms with van der Waals surface area (Å²) in [4.78, 5) is 17.0. The lowest BCUT2D eigenvalue weighted by Gasteiger charge is -2.25. The molecule has 1 heterocycles. The molecule has 1 unspecified atom stereocenters. The third-order valence-corrected chi connectivity index (χ3v) is 10.3. The van der Waals surface area contributed by atoms with Gasteiger partial charge in [0.25, 0.3) is 0 Å². The second kappa shape index (κ2) is 16.5. The summed E-state index contributed by atoms with van der Waals surface area (Å²) in [5, 5.41) is 54.7. The van der Waals surface area contributed by atoms with E-state index in [1.54, 1.807) is 0 Å². The van der Waals surface area contributed by atoms with Crippen LogP contribution >= 0.6 is 0 Å². The maximum atomic E-state index is 12.4. The van der Waals surface area contributed by atoms with E-state index in [0.29, 0.717) is 6.42 Å². The highest BCUT2D eigenvalue weighted by atomic mass is 16.4. The number of hydrogen-bond acceptors (Lipinski definition) is 8. The summed E-state index contributed by atoms with van der Waals surface area (Å²) in [6.45, 7) is 4.11. The number of nitrogens with zero attached hydrogens (tertiary/aromatic N) is 1. The number of rotatable bonds is 19. The van der Waals surface area contributed by atoms with Gasteiger partial charge in [-0.3, -0.25) is 9.78 Å². The molecule has 9 nitrogen and oxygen atoms in total. The van der Waals surface area contributed by atoms with Gasteiger partial charge < -0.3 is 36.2 Å². The van der Waals surface area contributed by atoms with E-state index in [0.717, 1.165) is 44.6 Å². The summed E-state index contributed by atoms with van der Waals surface area (Å²) in [7, 11) is 0. The fraction of sp³-hybridized carbons (Fsp3) is 0.538. The van der Waals surface area contributed by atoms with Crippen LogP contribution in [-0.2, 0) is 29.7 Å². The van der Waals surface area contributed by atoms with Crippen LogP contribution in [0.2, 0.25) is 0 Å². The molecule has 260 valence electrons. The average molecular weight is 660 g/mol. The van der Waals surface area contributed by atoms with Crippen LogP contribution in [0.5, 0.6) is 0 Å². The van der Waals surface area contributed by atoms with Gasteiger partial charge >= 0.3 is 0 Å². The molecule has 0 aliphatic heterocycles. The van der Waals surface area contributed by atoms with Crippen LogP contribution < -0.4 is 10.6 Å². The number of amides is 1. The van der Waals surface area contributed by atoms with E-state index in [4.69, 9.17) is 5.11 Å². The van der Waals surface area contributed by atoms with Gasteiger partial charge in [-0.15, -0.1) is 0 Å². The normalized spacial score (nSPS) is 18.5. The minimum absolute atomic E-state index is 0.0867. The monoisotopic (exact) mass is 659 g/mol. The Morgan fingerprint density at radius 1 is 0.958 bits per heavy atom. The van der Waals surface area contributed by atoms with Crippen molar-refractivity contribution in [1.82, 2.24) is 15.6 Å². The van der Waals surface area contributed by atoms with E-state index in [1.165, 1.54) is 51.8 Å². The van der Waals surface area contributed by atoms with Crippen molar-refractivity contribution in [3.05, 3.63) is 88.7 Å². The van der Waals surface area contributed by atoms with E-state index >= 15 is 0 Å². The Hall–Kier alpha value is -3.18. The molecule has 2 aliphatic rings. The summed E-state index contributed by atoms with van der Waals surface area (Å²) in [5.41, 5.74) is 9.11. The van der Waals surface area contributed by atoms with Crippen molar-refractivity contribution in [2.24, 2.45) is 5.92 Å². The average Bonchev–Trinajstić information content (AvgIpc) is 4.06. The van der Waals surface area contributed by atoms with Crippen LogP contribution in [0.25, 0.3) is 11.1 Å². The highest BCUT2D eigenvalue weighted by molar-refractivity contribution is 5.75. The number of aliphatic hydroxyl groups excluding tert-OH is 5. The second-order valence-electron chi connectivity index (χ2n) is 13.9. The number of aliphatic hydroxyl groups is 5. The van der Waals surface area contributed by atoms with E-state index in [1.807, 2.05) is 6.20 Å². The Bertz CT molecular complexity index is 1510. The molecule has 2 aromatic carbocycles. The van der Waals surface area contributed by atoms with Crippen LogP contribution in [-0.4, -0.2) is 74.0 Å². The molecule has 0 bridgehead atoms. The van der Waals surface area contributed by atoms with Crippen molar-refractivity contribution in [3.8, 4) is 11.1 Å². The molecule has 9 heteroatoms. The number of pyridine rings is 1. The number of nitrogens with one attached hydrogen (secondary N) is 2. The molecule has 2 saturated carbocycles. The van der Waals surface area contributed by atoms with Gasteiger partial charge in [0.05, 0.1) is 12.7 Å². The fourth-order valence-corrected chi connectivity index (χ4v) is 6.72. The molecule has 0 radical (unpaired) electrons. The number of aryl methyl sites for hydroxylation is 1. The Morgan fingerprint density at radius 2 is 1.71 bits per heavy atom. The first-order valence-corrected chi connectivity index (χ1v) is 17.6. The molecule has 1 aromatic heterocycles. The van der Waals surface area contributed by atoms with Gasteiger partial charge in [0, 0.05) is 37.4 Å². The van der Waals surface area contributed by atoms with E-state index in [2.05, 4.69) is 84.2 Å². The lowest BCUT2D eigenvalue weighted by Crippen LogP contribution is -2.49. The van der Waals surface area contributed by atoms with Gasteiger partial charge in [0.15, 0.2) is 0 Å². The maximum absolute atomic E-state index is 12.4. The molecular weight excluding hydrogens is 606 g/mol. The molecule has 0 saturated heterocycles. The Kier molecular flexibility index (Phi) is 12.4. The zero-order valence-electron chi connectivity index (χ0n) is 28.3. The predicted octanol–water partition coefficient (Wildman–Crippen LogP) is 3.87. The number of carbonyl (C=O) groups is 1. The lowest BCUT2D eigenvalue weighted by molar-refractivity contribution is -0.126. The first-order chi connectivity index (χ1) is 23.2. The highest BCUT2D eigenvalue weighted by Gasteiger charge is 2.45. The Labute approximate surface area is 284 Å². The van der Waals surface area contributed by atoms with Crippen LogP contribution in [0.4, 0.5) is 0 Å². The van der Waals surface area contributed by atoms with Gasteiger partial charge in [-0.25, -0.2) is 0 Å². The summed E-state index contributed by atoms with van der Waals surface area (Å²) in [5.74, 6) is 0.794. The van der Waals surface area contributed by atoms with Gasteiger partial charge in [-0.1, -0.05) is 56.3 Å². The van der Waals surface area contributed by atoms with Crippen LogP contribution in [0.15, 0.2) is 60.9 Å². The van der Waals surface area contributed by atoms with Crippen LogP contribution in [0, 0.1) is 5.92 Å². The van der Waals surface area contributed by atoms with Gasteiger partial charge in [-0.05, 0) is 108 Å². The smallest absolute Gasteiger partial charge is 0.220 e. The summed E-state index contributed by atoms with van der Waals surface area (Å²) >= 11 is 0. The summed E-state index contributed by atoms with van der Waals surface area (Å²) < 4.78 is 0. The molecule has 5 rings (SSSR count). The first-order valence-electron chi connectivity index (χ1n) is 17.6. The molecular formula is C39H53N3O6. The molecule has 0 spiro atoms. The third kappa shape index (κ3) is 9.08. The van der Waals surface area contributed by atoms with E-state index in [-0.39, 0.29) is 30.3 Å². The predicted molar refractivity (Wildman–Crippen MR) is 186 cm³/mol. The number of hydrogen-bond donors (Lipinski definition) is 7. The number of benzene rings is 2. The van der Waals surface area contributed by atoms with Crippen molar-refractivity contribution in [2.45, 2.75) is 114 Å². The standard InChI is InChI=1S/C39H53N3O6/c1-3-27-13-14-28(25(2)7-6-10-36(46)41-23-34(44)37(47)38(48)35(45)24-43)20-30(27)21-42-39(16-17-39)33-22-40-18-15-32(33)31-9-5-4-8-29(31)19-26-11-12-26/h4-5,8-9,13-15,18,20,22,25-26,34-35,37-38,42-45,47-48H,3,6-7,10-12,16-17,19,21,23-24H2,1-2H3,(H,41,46)/t25?,34-,35+,37+,38+/m0/s1.